The minimum atomic E-state index is -0.534. The number of hydrogen-bond acceptors (Lipinski definition) is 3. The number of hydrogen-bond donors (Lipinski definition) is 4. The summed E-state index contributed by atoms with van der Waals surface area (Å²) in [5, 5.41) is 5.92. The van der Waals surface area contributed by atoms with E-state index in [2.05, 4.69) is 21.1 Å². The van der Waals surface area contributed by atoms with Gasteiger partial charge in [-0.15, -0.1) is 0 Å². The first kappa shape index (κ1) is 14.8. The number of nitrogens with two attached hydrogens (primary N) is 1. The zero-order valence-electron chi connectivity index (χ0n) is 11.5. The summed E-state index contributed by atoms with van der Waals surface area (Å²) in [6.45, 7) is 4.12. The first-order valence-corrected chi connectivity index (χ1v) is 6.49. The quantitative estimate of drug-likeness (QED) is 0.248. The second-order valence-corrected chi connectivity index (χ2v) is 5.40. The van der Waals surface area contributed by atoms with Gasteiger partial charge in [0.05, 0.1) is 12.0 Å². The van der Waals surface area contributed by atoms with Crippen molar-refractivity contribution in [2.45, 2.75) is 45.6 Å². The van der Waals surface area contributed by atoms with E-state index in [0.717, 1.165) is 12.8 Å². The Morgan fingerprint density at radius 2 is 2.00 bits per heavy atom. The Kier molecular flexibility index (Phi) is 5.40. The highest BCUT2D eigenvalue weighted by molar-refractivity contribution is 5.83. The number of carbonyl (C=O) groups is 1. The molecule has 1 fully saturated rings. The summed E-state index contributed by atoms with van der Waals surface area (Å²) >= 11 is 0. The maximum atomic E-state index is 11.6. The van der Waals surface area contributed by atoms with E-state index < -0.39 is 5.41 Å². The van der Waals surface area contributed by atoms with Crippen LogP contribution in [0.2, 0.25) is 0 Å². The van der Waals surface area contributed by atoms with Crippen LogP contribution < -0.4 is 21.9 Å². The highest BCUT2D eigenvalue weighted by atomic mass is 16.2. The smallest absolute Gasteiger partial charge is 0.227 e. The molecule has 0 heterocycles. The van der Waals surface area contributed by atoms with Crippen molar-refractivity contribution in [2.75, 3.05) is 13.6 Å². The van der Waals surface area contributed by atoms with Crippen LogP contribution in [0.5, 0.6) is 0 Å². The van der Waals surface area contributed by atoms with Gasteiger partial charge in [0.25, 0.3) is 0 Å². The van der Waals surface area contributed by atoms with Crippen LogP contribution in [-0.2, 0) is 4.79 Å². The van der Waals surface area contributed by atoms with E-state index in [1.165, 1.54) is 12.8 Å². The van der Waals surface area contributed by atoms with E-state index in [1.54, 1.807) is 7.05 Å². The third-order valence-electron chi connectivity index (χ3n) is 3.31. The Morgan fingerprint density at radius 3 is 2.50 bits per heavy atom. The van der Waals surface area contributed by atoms with Crippen LogP contribution in [0.3, 0.4) is 0 Å². The first-order chi connectivity index (χ1) is 8.49. The van der Waals surface area contributed by atoms with Gasteiger partial charge in [-0.05, 0) is 26.7 Å². The van der Waals surface area contributed by atoms with Gasteiger partial charge in [-0.25, -0.2) is 5.84 Å². The third kappa shape index (κ3) is 4.18. The Balaban J connectivity index is 2.53. The van der Waals surface area contributed by atoms with Crippen LogP contribution in [0, 0.1) is 5.41 Å². The fourth-order valence-corrected chi connectivity index (χ4v) is 2.08. The lowest BCUT2D eigenvalue weighted by Gasteiger charge is -2.21. The Hall–Kier alpha value is -1.30. The number of carbonyl (C=O) groups excluding carboxylic acids is 1. The maximum Gasteiger partial charge on any atom is 0.227 e. The molecule has 18 heavy (non-hydrogen) atoms. The van der Waals surface area contributed by atoms with Gasteiger partial charge in [0.2, 0.25) is 11.9 Å². The third-order valence-corrected chi connectivity index (χ3v) is 3.31. The van der Waals surface area contributed by atoms with Crippen LogP contribution in [-0.4, -0.2) is 31.5 Å². The summed E-state index contributed by atoms with van der Waals surface area (Å²) < 4.78 is 0. The number of aliphatic imine (C=N–C) groups is 1. The van der Waals surface area contributed by atoms with Crippen LogP contribution in [0.4, 0.5) is 0 Å². The van der Waals surface area contributed by atoms with E-state index in [1.807, 2.05) is 13.8 Å². The first-order valence-electron chi connectivity index (χ1n) is 6.49. The molecule has 0 saturated heterocycles. The molecule has 0 spiro atoms. The van der Waals surface area contributed by atoms with Crippen LogP contribution in [0.1, 0.15) is 39.5 Å². The van der Waals surface area contributed by atoms with E-state index in [0.29, 0.717) is 18.5 Å². The van der Waals surface area contributed by atoms with Crippen molar-refractivity contribution >= 4 is 11.9 Å². The fourth-order valence-electron chi connectivity index (χ4n) is 2.08. The van der Waals surface area contributed by atoms with Crippen LogP contribution >= 0.6 is 0 Å². The lowest BCUT2D eigenvalue weighted by atomic mass is 9.93. The highest BCUT2D eigenvalue weighted by Gasteiger charge is 2.26. The van der Waals surface area contributed by atoms with Crippen LogP contribution in [0.25, 0.3) is 0 Å². The van der Waals surface area contributed by atoms with E-state index in [-0.39, 0.29) is 5.91 Å². The lowest BCUT2D eigenvalue weighted by molar-refractivity contribution is -0.128. The molecule has 1 saturated carbocycles. The molecular formula is C12H25N5O. The van der Waals surface area contributed by atoms with Crippen molar-refractivity contribution in [1.29, 1.82) is 0 Å². The number of amides is 1. The van der Waals surface area contributed by atoms with Gasteiger partial charge in [0.1, 0.15) is 0 Å². The molecule has 6 nitrogen and oxygen atoms in total. The minimum Gasteiger partial charge on any atom is -0.359 e. The molecule has 1 amide bonds. The van der Waals surface area contributed by atoms with Gasteiger partial charge in [-0.1, -0.05) is 12.8 Å². The highest BCUT2D eigenvalue weighted by Crippen LogP contribution is 2.18. The largest absolute Gasteiger partial charge is 0.359 e. The predicted molar refractivity (Wildman–Crippen MR) is 72.9 cm³/mol. The molecule has 0 aromatic carbocycles. The van der Waals surface area contributed by atoms with Gasteiger partial charge in [0.15, 0.2) is 0 Å². The predicted octanol–water partition coefficient (Wildman–Crippen LogP) is 0.110. The molecule has 0 aliphatic heterocycles. The number of nitrogens with zero attached hydrogens (tertiary/aromatic N) is 1. The van der Waals surface area contributed by atoms with Crippen molar-refractivity contribution in [2.24, 2.45) is 16.3 Å². The van der Waals surface area contributed by atoms with Gasteiger partial charge < -0.3 is 10.6 Å². The van der Waals surface area contributed by atoms with E-state index in [4.69, 9.17) is 5.84 Å². The summed E-state index contributed by atoms with van der Waals surface area (Å²) in [5.41, 5.74) is 2.03. The van der Waals surface area contributed by atoms with E-state index >= 15 is 0 Å². The Bertz CT molecular complexity index is 308. The molecule has 1 aliphatic carbocycles. The monoisotopic (exact) mass is 255 g/mol. The van der Waals surface area contributed by atoms with Crippen molar-refractivity contribution < 1.29 is 4.79 Å². The zero-order valence-corrected chi connectivity index (χ0v) is 11.5. The van der Waals surface area contributed by atoms with Crippen LogP contribution in [0.15, 0.2) is 4.99 Å². The van der Waals surface area contributed by atoms with Gasteiger partial charge in [-0.3, -0.25) is 15.2 Å². The van der Waals surface area contributed by atoms with Crippen molar-refractivity contribution in [1.82, 2.24) is 16.1 Å². The molecule has 0 atom stereocenters. The number of rotatable bonds is 4. The summed E-state index contributed by atoms with van der Waals surface area (Å²) in [7, 11) is 1.63. The fraction of sp³-hybridized carbons (Fsp3) is 0.833. The molecule has 0 unspecified atom stereocenters. The minimum absolute atomic E-state index is 0.0245. The van der Waals surface area contributed by atoms with Gasteiger partial charge >= 0.3 is 0 Å². The van der Waals surface area contributed by atoms with E-state index in [9.17, 15) is 4.79 Å². The van der Waals surface area contributed by atoms with Gasteiger partial charge in [0, 0.05) is 13.1 Å². The number of hydrazine groups is 1. The second-order valence-electron chi connectivity index (χ2n) is 5.40. The lowest BCUT2D eigenvalue weighted by Crippen LogP contribution is -2.46. The van der Waals surface area contributed by atoms with Crippen molar-refractivity contribution in [3.8, 4) is 0 Å². The summed E-state index contributed by atoms with van der Waals surface area (Å²) in [5.74, 6) is 5.99. The molecular weight excluding hydrogens is 230 g/mol. The summed E-state index contributed by atoms with van der Waals surface area (Å²) in [6, 6.07) is 0.447. The molecule has 5 N–H and O–H groups in total. The van der Waals surface area contributed by atoms with Crippen molar-refractivity contribution in [3.05, 3.63) is 0 Å². The summed E-state index contributed by atoms with van der Waals surface area (Å²) in [4.78, 5) is 16.0. The SMILES string of the molecule is CNC(=O)C(C)(C)CN=C(NN)NC1CCCC1. The van der Waals surface area contributed by atoms with Gasteiger partial charge in [-0.2, -0.15) is 0 Å². The Morgan fingerprint density at radius 1 is 1.39 bits per heavy atom. The Labute approximate surface area is 109 Å². The molecule has 1 rings (SSSR count). The van der Waals surface area contributed by atoms with Crippen molar-refractivity contribution in [3.63, 3.8) is 0 Å². The normalized spacial score (nSPS) is 17.7. The molecule has 6 heteroatoms. The average Bonchev–Trinajstić information content (AvgIpc) is 2.86. The molecule has 104 valence electrons. The molecule has 0 bridgehead atoms. The molecule has 0 radical (unpaired) electrons. The average molecular weight is 255 g/mol. The zero-order chi connectivity index (χ0) is 13.6. The topological polar surface area (TPSA) is 91.5 Å². The molecule has 0 aromatic rings. The second kappa shape index (κ2) is 6.58. The molecule has 0 aromatic heterocycles. The summed E-state index contributed by atoms with van der Waals surface area (Å²) in [6.07, 6.45) is 4.80. The molecule has 1 aliphatic rings. The number of nitrogens with one attached hydrogen (secondary N) is 3. The maximum absolute atomic E-state index is 11.6. The number of guanidine groups is 1. The standard InChI is InChI=1S/C12H25N5O/c1-12(2,10(18)14-3)8-15-11(17-13)16-9-6-4-5-7-9/h9H,4-8,13H2,1-3H3,(H,14,18)(H2,15,16,17).